The number of hydrogen-bond donors (Lipinski definition) is 1. The Bertz CT molecular complexity index is 179. The van der Waals surface area contributed by atoms with E-state index in [4.69, 9.17) is 19.3 Å². The Labute approximate surface area is 91.9 Å². The van der Waals surface area contributed by atoms with Crippen molar-refractivity contribution in [3.8, 4) is 0 Å². The molecule has 0 fully saturated rings. The molecule has 0 saturated carbocycles. The summed E-state index contributed by atoms with van der Waals surface area (Å²) in [4.78, 5) is 0. The summed E-state index contributed by atoms with van der Waals surface area (Å²) in [7, 11) is -3.30. The van der Waals surface area contributed by atoms with Crippen molar-refractivity contribution in [3.05, 3.63) is 0 Å². The predicted molar refractivity (Wildman–Crippen MR) is 59.7 cm³/mol. The molecule has 0 aliphatic carbocycles. The Balaban J connectivity index is 3.71. The average molecular weight is 239 g/mol. The lowest BCUT2D eigenvalue weighted by Crippen LogP contribution is -2.03. The largest absolute Gasteiger partial charge is 0.474 e. The van der Waals surface area contributed by atoms with Gasteiger partial charge in [-0.2, -0.15) is 0 Å². The lowest BCUT2D eigenvalue weighted by atomic mass is 10.2. The SMILES string of the molecule is CCOP(=O)(OCC)OCCCCCN. The minimum Gasteiger partial charge on any atom is -0.330 e. The van der Waals surface area contributed by atoms with Gasteiger partial charge in [-0.3, -0.25) is 13.6 Å². The molecule has 5 nitrogen and oxygen atoms in total. The smallest absolute Gasteiger partial charge is 0.330 e. The first-order chi connectivity index (χ1) is 7.18. The van der Waals surface area contributed by atoms with Gasteiger partial charge in [-0.25, -0.2) is 4.57 Å². The van der Waals surface area contributed by atoms with Crippen LogP contribution < -0.4 is 5.73 Å². The molecule has 0 rings (SSSR count). The lowest BCUT2D eigenvalue weighted by molar-refractivity contribution is 0.120. The van der Waals surface area contributed by atoms with Gasteiger partial charge in [0.15, 0.2) is 0 Å². The van der Waals surface area contributed by atoms with Gasteiger partial charge in [-0.05, 0) is 39.7 Å². The second kappa shape index (κ2) is 9.31. The van der Waals surface area contributed by atoms with E-state index in [2.05, 4.69) is 0 Å². The van der Waals surface area contributed by atoms with E-state index in [0.29, 0.717) is 26.4 Å². The van der Waals surface area contributed by atoms with Crippen molar-refractivity contribution in [1.82, 2.24) is 0 Å². The molecule has 0 unspecified atom stereocenters. The highest BCUT2D eigenvalue weighted by Gasteiger charge is 2.24. The van der Waals surface area contributed by atoms with Crippen molar-refractivity contribution < 1.29 is 18.1 Å². The number of rotatable bonds is 10. The molecular formula is C9H22NO4P. The molecular weight excluding hydrogens is 217 g/mol. The highest BCUT2D eigenvalue weighted by atomic mass is 31.2. The Hall–Kier alpha value is 0.0700. The molecule has 0 saturated heterocycles. The molecule has 0 spiro atoms. The third kappa shape index (κ3) is 7.94. The van der Waals surface area contributed by atoms with E-state index in [-0.39, 0.29) is 0 Å². The zero-order valence-corrected chi connectivity index (χ0v) is 10.5. The molecule has 0 heterocycles. The molecule has 0 aromatic rings. The summed E-state index contributed by atoms with van der Waals surface area (Å²) in [6.45, 7) is 5.21. The molecule has 0 aromatic carbocycles. The number of nitrogens with two attached hydrogens (primary N) is 1. The van der Waals surface area contributed by atoms with Gasteiger partial charge >= 0.3 is 7.82 Å². The number of phosphoric acid groups is 1. The van der Waals surface area contributed by atoms with Crippen LogP contribution in [0.1, 0.15) is 33.1 Å². The summed E-state index contributed by atoms with van der Waals surface area (Å²) in [5.41, 5.74) is 5.35. The first-order valence-electron chi connectivity index (χ1n) is 5.42. The van der Waals surface area contributed by atoms with Gasteiger partial charge in [0.05, 0.1) is 19.8 Å². The second-order valence-corrected chi connectivity index (χ2v) is 4.63. The fourth-order valence-corrected chi connectivity index (χ4v) is 2.24. The van der Waals surface area contributed by atoms with E-state index in [1.807, 2.05) is 0 Å². The maximum atomic E-state index is 11.8. The van der Waals surface area contributed by atoms with Crippen LogP contribution in [0.25, 0.3) is 0 Å². The molecule has 0 bridgehead atoms. The van der Waals surface area contributed by atoms with Crippen LogP contribution in [0.5, 0.6) is 0 Å². The molecule has 0 amide bonds. The molecule has 92 valence electrons. The average Bonchev–Trinajstić information content (AvgIpc) is 2.18. The monoisotopic (exact) mass is 239 g/mol. The Morgan fingerprint density at radius 3 is 2.07 bits per heavy atom. The molecule has 0 aliphatic heterocycles. The summed E-state index contributed by atoms with van der Waals surface area (Å²) in [5, 5.41) is 0. The summed E-state index contributed by atoms with van der Waals surface area (Å²) in [5.74, 6) is 0. The first-order valence-corrected chi connectivity index (χ1v) is 6.88. The lowest BCUT2D eigenvalue weighted by Gasteiger charge is -2.16. The van der Waals surface area contributed by atoms with Crippen LogP contribution in [-0.2, 0) is 18.1 Å². The van der Waals surface area contributed by atoms with Gasteiger partial charge in [-0.1, -0.05) is 0 Å². The Morgan fingerprint density at radius 1 is 1.00 bits per heavy atom. The first kappa shape index (κ1) is 15.1. The maximum Gasteiger partial charge on any atom is 0.474 e. The fourth-order valence-electron chi connectivity index (χ4n) is 1.03. The summed E-state index contributed by atoms with van der Waals surface area (Å²) in [6.07, 6.45) is 2.74. The molecule has 0 radical (unpaired) electrons. The highest BCUT2D eigenvalue weighted by Crippen LogP contribution is 2.49. The molecule has 6 heteroatoms. The van der Waals surface area contributed by atoms with Gasteiger partial charge in [0, 0.05) is 0 Å². The highest BCUT2D eigenvalue weighted by molar-refractivity contribution is 7.48. The van der Waals surface area contributed by atoms with E-state index in [1.165, 1.54) is 0 Å². The summed E-state index contributed by atoms with van der Waals surface area (Å²) >= 11 is 0. The summed E-state index contributed by atoms with van der Waals surface area (Å²) in [6, 6.07) is 0. The molecule has 0 atom stereocenters. The molecule has 0 aromatic heterocycles. The third-order valence-corrected chi connectivity index (χ3v) is 3.32. The van der Waals surface area contributed by atoms with Crippen molar-refractivity contribution in [3.63, 3.8) is 0 Å². The van der Waals surface area contributed by atoms with Crippen molar-refractivity contribution >= 4 is 7.82 Å². The maximum absolute atomic E-state index is 11.8. The number of unbranched alkanes of at least 4 members (excludes halogenated alkanes) is 2. The van der Waals surface area contributed by atoms with E-state index in [0.717, 1.165) is 19.3 Å². The molecule has 0 aliphatic rings. The zero-order valence-electron chi connectivity index (χ0n) is 9.61. The van der Waals surface area contributed by atoms with Crippen LogP contribution in [0.3, 0.4) is 0 Å². The Morgan fingerprint density at radius 2 is 1.60 bits per heavy atom. The molecule has 15 heavy (non-hydrogen) atoms. The van der Waals surface area contributed by atoms with Crippen LogP contribution in [0.15, 0.2) is 0 Å². The predicted octanol–water partition coefficient (Wildman–Crippen LogP) is 2.31. The van der Waals surface area contributed by atoms with E-state index in [1.54, 1.807) is 13.8 Å². The van der Waals surface area contributed by atoms with Crippen molar-refractivity contribution in [2.45, 2.75) is 33.1 Å². The minimum absolute atomic E-state index is 0.320. The van der Waals surface area contributed by atoms with Crippen LogP contribution in [-0.4, -0.2) is 26.4 Å². The number of hydrogen-bond acceptors (Lipinski definition) is 5. The van der Waals surface area contributed by atoms with E-state index >= 15 is 0 Å². The van der Waals surface area contributed by atoms with Crippen molar-refractivity contribution in [1.29, 1.82) is 0 Å². The normalized spacial score (nSPS) is 11.9. The van der Waals surface area contributed by atoms with Gasteiger partial charge < -0.3 is 5.73 Å². The van der Waals surface area contributed by atoms with Crippen molar-refractivity contribution in [2.75, 3.05) is 26.4 Å². The standard InChI is InChI=1S/C9H22NO4P/c1-3-12-15(11,13-4-2)14-9-7-5-6-8-10/h3-10H2,1-2H3. The van der Waals surface area contributed by atoms with Crippen LogP contribution in [0, 0.1) is 0 Å². The van der Waals surface area contributed by atoms with Crippen LogP contribution in [0.2, 0.25) is 0 Å². The minimum atomic E-state index is -3.30. The van der Waals surface area contributed by atoms with E-state index in [9.17, 15) is 4.57 Å². The van der Waals surface area contributed by atoms with Crippen molar-refractivity contribution in [2.24, 2.45) is 5.73 Å². The second-order valence-electron chi connectivity index (χ2n) is 2.97. The third-order valence-electron chi connectivity index (χ3n) is 1.67. The summed E-state index contributed by atoms with van der Waals surface area (Å²) < 4.78 is 26.8. The fraction of sp³-hybridized carbons (Fsp3) is 1.00. The van der Waals surface area contributed by atoms with Gasteiger partial charge in [0.1, 0.15) is 0 Å². The van der Waals surface area contributed by atoms with Gasteiger partial charge in [-0.15, -0.1) is 0 Å². The van der Waals surface area contributed by atoms with Gasteiger partial charge in [0.25, 0.3) is 0 Å². The zero-order chi connectivity index (χ0) is 11.6. The Kier molecular flexibility index (Phi) is 9.35. The van der Waals surface area contributed by atoms with E-state index < -0.39 is 7.82 Å². The number of phosphoric ester groups is 1. The molecule has 2 N–H and O–H groups in total. The van der Waals surface area contributed by atoms with Crippen LogP contribution >= 0.6 is 7.82 Å². The quantitative estimate of drug-likeness (QED) is 0.468. The topological polar surface area (TPSA) is 70.8 Å². The van der Waals surface area contributed by atoms with Crippen LogP contribution in [0.4, 0.5) is 0 Å². The van der Waals surface area contributed by atoms with Gasteiger partial charge in [0.2, 0.25) is 0 Å².